The van der Waals surface area contributed by atoms with E-state index in [-0.39, 0.29) is 0 Å². The lowest BCUT2D eigenvalue weighted by atomic mass is 9.98. The summed E-state index contributed by atoms with van der Waals surface area (Å²) in [6.45, 7) is 4.74. The summed E-state index contributed by atoms with van der Waals surface area (Å²) in [5, 5.41) is 0. The van der Waals surface area contributed by atoms with Gasteiger partial charge in [0.05, 0.1) is 16.9 Å². The number of halogens is 3. The molecule has 0 bridgehead atoms. The molecule has 0 spiro atoms. The standard InChI is InChI=1S/C22H22F3N3O/c1-26-9-11-27(12-10-26)18-7-8-28-19-13-16(22(23,24)25)5-6-20(19)29-14-15-3-2-4-17(18)21(15)28/h2-7,13H,8-12,14H2,1H3. The van der Waals surface area contributed by atoms with Crippen LogP contribution in [0.1, 0.15) is 16.7 Å². The molecule has 0 saturated carbocycles. The van der Waals surface area contributed by atoms with Crippen LogP contribution in [0.15, 0.2) is 42.5 Å². The molecule has 0 aliphatic carbocycles. The van der Waals surface area contributed by atoms with Crippen LogP contribution >= 0.6 is 0 Å². The van der Waals surface area contributed by atoms with Gasteiger partial charge in [0.25, 0.3) is 0 Å². The molecular weight excluding hydrogens is 379 g/mol. The lowest BCUT2D eigenvalue weighted by Crippen LogP contribution is -2.44. The highest BCUT2D eigenvalue weighted by atomic mass is 19.4. The van der Waals surface area contributed by atoms with E-state index in [2.05, 4.69) is 29.0 Å². The van der Waals surface area contributed by atoms with Crippen LogP contribution in [0.2, 0.25) is 0 Å². The van der Waals surface area contributed by atoms with Crippen LogP contribution in [0.5, 0.6) is 5.75 Å². The molecule has 2 aromatic carbocycles. The predicted octanol–water partition coefficient (Wildman–Crippen LogP) is 4.34. The highest BCUT2D eigenvalue weighted by Gasteiger charge is 2.35. The summed E-state index contributed by atoms with van der Waals surface area (Å²) >= 11 is 0. The van der Waals surface area contributed by atoms with Gasteiger partial charge in [0.2, 0.25) is 0 Å². The number of alkyl halides is 3. The van der Waals surface area contributed by atoms with Gasteiger partial charge in [-0.1, -0.05) is 18.2 Å². The van der Waals surface area contributed by atoms with Crippen molar-refractivity contribution in [2.75, 3.05) is 44.7 Å². The average molecular weight is 401 g/mol. The zero-order chi connectivity index (χ0) is 20.2. The van der Waals surface area contributed by atoms with Crippen LogP contribution in [-0.2, 0) is 12.8 Å². The topological polar surface area (TPSA) is 19.0 Å². The maximum absolute atomic E-state index is 13.3. The Bertz CT molecular complexity index is 978. The summed E-state index contributed by atoms with van der Waals surface area (Å²) in [5.74, 6) is 0.483. The van der Waals surface area contributed by atoms with Gasteiger partial charge in [0.1, 0.15) is 12.4 Å². The molecule has 5 rings (SSSR count). The van der Waals surface area contributed by atoms with E-state index in [4.69, 9.17) is 4.74 Å². The van der Waals surface area contributed by atoms with Crippen molar-refractivity contribution >= 4 is 17.1 Å². The molecule has 2 aromatic rings. The smallest absolute Gasteiger partial charge is 0.416 e. The molecule has 29 heavy (non-hydrogen) atoms. The number of hydrogen-bond acceptors (Lipinski definition) is 4. The maximum atomic E-state index is 13.3. The predicted molar refractivity (Wildman–Crippen MR) is 106 cm³/mol. The van der Waals surface area contributed by atoms with E-state index >= 15 is 0 Å². The molecular formula is C22H22F3N3O. The van der Waals surface area contributed by atoms with Gasteiger partial charge >= 0.3 is 6.18 Å². The van der Waals surface area contributed by atoms with Crippen molar-refractivity contribution in [2.24, 2.45) is 0 Å². The van der Waals surface area contributed by atoms with E-state index in [1.165, 1.54) is 17.8 Å². The Balaban J connectivity index is 1.60. The molecule has 0 N–H and O–H groups in total. The normalized spacial score (nSPS) is 19.1. The second-order valence-corrected chi connectivity index (χ2v) is 7.77. The lowest BCUT2D eigenvalue weighted by Gasteiger charge is -2.40. The van der Waals surface area contributed by atoms with Crippen LogP contribution in [-0.4, -0.2) is 49.6 Å². The highest BCUT2D eigenvalue weighted by Crippen LogP contribution is 2.47. The van der Waals surface area contributed by atoms with Crippen LogP contribution in [0.25, 0.3) is 5.70 Å². The van der Waals surface area contributed by atoms with E-state index in [0.29, 0.717) is 24.6 Å². The SMILES string of the molecule is CN1CCN(C2=CCN3c4cc(C(F)(F)F)ccc4OCc4cccc2c43)CC1. The van der Waals surface area contributed by atoms with Gasteiger partial charge in [-0.05, 0) is 31.3 Å². The molecule has 1 fully saturated rings. The van der Waals surface area contributed by atoms with Gasteiger partial charge < -0.3 is 19.4 Å². The van der Waals surface area contributed by atoms with E-state index in [9.17, 15) is 13.2 Å². The Morgan fingerprint density at radius 3 is 2.55 bits per heavy atom. The maximum Gasteiger partial charge on any atom is 0.416 e. The molecule has 7 heteroatoms. The van der Waals surface area contributed by atoms with Gasteiger partial charge in [0.15, 0.2) is 0 Å². The van der Waals surface area contributed by atoms with Crippen molar-refractivity contribution in [3.8, 4) is 5.75 Å². The first kappa shape index (κ1) is 18.4. The summed E-state index contributed by atoms with van der Waals surface area (Å²) in [7, 11) is 2.12. The Morgan fingerprint density at radius 1 is 1.00 bits per heavy atom. The molecule has 0 amide bonds. The molecule has 0 unspecified atom stereocenters. The molecule has 3 aliphatic rings. The fourth-order valence-electron chi connectivity index (χ4n) is 4.36. The van der Waals surface area contributed by atoms with Crippen LogP contribution in [0.4, 0.5) is 24.5 Å². The third-order valence-electron chi connectivity index (χ3n) is 5.94. The van der Waals surface area contributed by atoms with Gasteiger partial charge in [-0.25, -0.2) is 0 Å². The first-order valence-electron chi connectivity index (χ1n) is 9.79. The summed E-state index contributed by atoms with van der Waals surface area (Å²) in [5.41, 5.74) is 4.00. The van der Waals surface area contributed by atoms with Gasteiger partial charge in [-0.2, -0.15) is 13.2 Å². The van der Waals surface area contributed by atoms with Crippen molar-refractivity contribution in [3.63, 3.8) is 0 Å². The summed E-state index contributed by atoms with van der Waals surface area (Å²) in [4.78, 5) is 6.65. The lowest BCUT2D eigenvalue weighted by molar-refractivity contribution is -0.137. The van der Waals surface area contributed by atoms with E-state index in [1.807, 2.05) is 17.0 Å². The largest absolute Gasteiger partial charge is 0.487 e. The number of para-hydroxylation sites is 1. The highest BCUT2D eigenvalue weighted by molar-refractivity contribution is 5.87. The molecule has 4 nitrogen and oxygen atoms in total. The number of rotatable bonds is 1. The number of anilines is 2. The van der Waals surface area contributed by atoms with Crippen molar-refractivity contribution < 1.29 is 17.9 Å². The second kappa shape index (κ2) is 6.69. The average Bonchev–Trinajstić information content (AvgIpc) is 2.87. The summed E-state index contributed by atoms with van der Waals surface area (Å²) < 4.78 is 45.9. The molecule has 1 saturated heterocycles. The van der Waals surface area contributed by atoms with Gasteiger partial charge in [-0.3, -0.25) is 0 Å². The Kier molecular flexibility index (Phi) is 4.24. The molecule has 0 aromatic heterocycles. The first-order valence-corrected chi connectivity index (χ1v) is 9.79. The van der Waals surface area contributed by atoms with E-state index in [1.54, 1.807) is 0 Å². The Morgan fingerprint density at radius 2 is 1.79 bits per heavy atom. The zero-order valence-electron chi connectivity index (χ0n) is 16.2. The fraction of sp³-hybridized carbons (Fsp3) is 0.364. The first-order chi connectivity index (χ1) is 13.9. The number of hydrogen-bond donors (Lipinski definition) is 0. The monoisotopic (exact) mass is 401 g/mol. The van der Waals surface area contributed by atoms with Crippen molar-refractivity contribution in [2.45, 2.75) is 12.8 Å². The van der Waals surface area contributed by atoms with Gasteiger partial charge in [-0.15, -0.1) is 0 Å². The molecule has 3 aliphatic heterocycles. The second-order valence-electron chi connectivity index (χ2n) is 7.77. The quantitative estimate of drug-likeness (QED) is 0.708. The molecule has 152 valence electrons. The number of nitrogens with zero attached hydrogens (tertiary/aromatic N) is 3. The summed E-state index contributed by atoms with van der Waals surface area (Å²) in [6, 6.07) is 9.79. The zero-order valence-corrected chi connectivity index (χ0v) is 16.2. The summed E-state index contributed by atoms with van der Waals surface area (Å²) in [6.07, 6.45) is -2.26. The van der Waals surface area contributed by atoms with Crippen LogP contribution in [0, 0.1) is 0 Å². The van der Waals surface area contributed by atoms with Crippen molar-refractivity contribution in [1.82, 2.24) is 9.80 Å². The fourth-order valence-corrected chi connectivity index (χ4v) is 4.36. The number of fused-ring (bicyclic) bond motifs is 2. The van der Waals surface area contributed by atoms with Crippen LogP contribution in [0.3, 0.4) is 0 Å². The molecule has 3 heterocycles. The van der Waals surface area contributed by atoms with E-state index < -0.39 is 11.7 Å². The number of benzene rings is 2. The third-order valence-corrected chi connectivity index (χ3v) is 5.94. The van der Waals surface area contributed by atoms with Crippen molar-refractivity contribution in [3.05, 3.63) is 59.2 Å². The third kappa shape index (κ3) is 3.13. The van der Waals surface area contributed by atoms with E-state index in [0.717, 1.165) is 49.1 Å². The van der Waals surface area contributed by atoms with Gasteiger partial charge in [0, 0.05) is 49.5 Å². The molecule has 0 radical (unpaired) electrons. The molecule has 0 atom stereocenters. The number of piperazine rings is 1. The van der Waals surface area contributed by atoms with Crippen LogP contribution < -0.4 is 9.64 Å². The Hall–Kier alpha value is -2.67. The minimum Gasteiger partial charge on any atom is -0.487 e. The number of ether oxygens (including phenoxy) is 1. The minimum atomic E-state index is -4.39. The number of likely N-dealkylation sites (N-methyl/N-ethyl adjacent to an activating group) is 1. The Labute approximate surface area is 167 Å². The minimum absolute atomic E-state index is 0.341. The van der Waals surface area contributed by atoms with Crippen molar-refractivity contribution in [1.29, 1.82) is 0 Å².